The molecule has 146 heavy (non-hydrogen) atoms. The van der Waals surface area contributed by atoms with Crippen molar-refractivity contribution in [1.29, 1.82) is 0 Å². The van der Waals surface area contributed by atoms with E-state index in [1.165, 1.54) is 5.56 Å². The SMILES string of the molecule is C[C@@]1(CN)CCN(c2cnc(-c3cccc(Cl)c3Cl)c(N)n2)C[C@@H]1O.C[C@@]1(N)CCN(c2cnc(-c3cccc(Cl)c3Cl)c(N)n2)C[C@H]1O.C[C@]1(N)CCN(c2cnc(-c3cccc(Cl)c3Cl)c(N)n2)C[C@@H]1O.NCC1(c2ccccc2)CCN(c2cnc(-c3cccc(Cl)c3Cl)c(N)n2)CC1.NC[C@H]1CCN(c2cnc(-c3cccc(Cl)c3Cl)c(N)n2)C1.Nc1nc(N2CC3C(N)C3C2)cnc1-c1cccc(Cl)c1Cl. The summed E-state index contributed by atoms with van der Waals surface area (Å²) in [4.78, 5) is 65.9. The Bertz CT molecular complexity index is 6590. The van der Waals surface area contributed by atoms with Crippen molar-refractivity contribution in [3.63, 3.8) is 0 Å². The summed E-state index contributed by atoms with van der Waals surface area (Å²) in [6.45, 7) is 16.1. The fourth-order valence-corrected chi connectivity index (χ4v) is 20.6. The van der Waals surface area contributed by atoms with E-state index in [0.29, 0.717) is 252 Å². The highest BCUT2D eigenvalue weighted by atomic mass is 35.5. The summed E-state index contributed by atoms with van der Waals surface area (Å²) < 4.78 is 0. The lowest BCUT2D eigenvalue weighted by Crippen LogP contribution is -2.59. The molecule has 0 amide bonds. The lowest BCUT2D eigenvalue weighted by molar-refractivity contribution is 0.0278. The van der Waals surface area contributed by atoms with Crippen molar-refractivity contribution in [1.82, 2.24) is 59.8 Å². The van der Waals surface area contributed by atoms with Gasteiger partial charge in [-0.15, -0.1) is 0 Å². The number of hydrogen-bond acceptors (Lipinski definition) is 33. The number of piperidine rings is 5. The van der Waals surface area contributed by atoms with Crippen LogP contribution in [0.1, 0.15) is 64.9 Å². The summed E-state index contributed by atoms with van der Waals surface area (Å²) in [7, 11) is 0. The topological polar surface area (TPSA) is 547 Å². The van der Waals surface area contributed by atoms with E-state index in [0.717, 1.165) is 89.0 Å². The van der Waals surface area contributed by atoms with Crippen LogP contribution in [0, 0.1) is 23.2 Å². The van der Waals surface area contributed by atoms with Gasteiger partial charge in [0, 0.05) is 153 Å². The number of nitrogens with two attached hydrogens (primary N) is 12. The minimum absolute atomic E-state index is 0.00495. The summed E-state index contributed by atoms with van der Waals surface area (Å²) in [6.07, 6.45) is 13.3. The van der Waals surface area contributed by atoms with Crippen LogP contribution in [0.2, 0.25) is 60.3 Å². The number of nitrogen functional groups attached to an aromatic ring is 6. The fourth-order valence-electron chi connectivity index (χ4n) is 18.2. The highest BCUT2D eigenvalue weighted by Gasteiger charge is 2.54. The molecule has 12 heterocycles. The molecule has 6 aromatic heterocycles. The maximum atomic E-state index is 10.4. The molecule has 45 heteroatoms. The maximum absolute atomic E-state index is 10.4. The number of aromatic nitrogens is 12. The van der Waals surface area contributed by atoms with Crippen LogP contribution in [0.3, 0.4) is 0 Å². The van der Waals surface area contributed by atoms with Crippen molar-refractivity contribution < 1.29 is 15.3 Å². The number of β-amino-alcohol motifs (C(OH)–C–C–N with tert-alkyl or cyclic N) is 3. The molecule has 27 N–H and O–H groups in total. The van der Waals surface area contributed by atoms with Crippen LogP contribution in [0.5, 0.6) is 0 Å². The Hall–Kier alpha value is -10.3. The quantitative estimate of drug-likeness (QED) is 0.0427. The molecule has 7 aliphatic rings. The molecular formula is C101H114Cl12N30O3. The molecule has 6 aliphatic heterocycles. The molecule has 9 atom stereocenters. The van der Waals surface area contributed by atoms with Crippen LogP contribution < -0.4 is 98.2 Å². The number of halogens is 12. The Labute approximate surface area is 906 Å². The molecule has 0 bridgehead atoms. The highest BCUT2D eigenvalue weighted by molar-refractivity contribution is 6.47. The van der Waals surface area contributed by atoms with E-state index in [1.807, 2.05) is 77.9 Å². The predicted octanol–water partition coefficient (Wildman–Crippen LogP) is 17.0. The zero-order valence-electron chi connectivity index (χ0n) is 80.0. The largest absolute Gasteiger partial charge is 0.391 e. The van der Waals surface area contributed by atoms with Gasteiger partial charge < -0.3 is 114 Å². The molecule has 33 nitrogen and oxygen atoms in total. The van der Waals surface area contributed by atoms with Gasteiger partial charge in [0.25, 0.3) is 0 Å². The van der Waals surface area contributed by atoms with Gasteiger partial charge >= 0.3 is 0 Å². The first-order valence-corrected chi connectivity index (χ1v) is 51.6. The molecule has 7 fully saturated rings. The third-order valence-corrected chi connectivity index (χ3v) is 33.0. The van der Waals surface area contributed by atoms with Crippen molar-refractivity contribution in [2.24, 2.45) is 57.6 Å². The first-order chi connectivity index (χ1) is 69.6. The van der Waals surface area contributed by atoms with E-state index in [4.69, 9.17) is 208 Å². The standard InChI is InChI=1S/C22H23Cl2N5.C17H21Cl2N5O.2C16H19Cl2N5O.C15H15Cl2N5.C15H17Cl2N5/c23-17-8-4-7-16(19(17)24)20-21(26)28-18(13-27-20)29-11-9-22(14-25,10-12-29)15-5-2-1-3-6-15;1-17(9-20)5-6-24(8-12(17)25)13-7-22-15(16(21)23-13)10-3-2-4-11(18)14(10)19;2*1-16(20)5-6-23(8-11(16)24)12-7-21-14(15(19)22-12)9-3-2-4-10(17)13(9)18;16-10-3-1-2-7(12(10)17)14-15(19)21-11(4-20-14)22-5-8-9(6-22)13(8)18;16-11-3-1-2-10(13(11)17)14-15(19)21-12(7-20-14)22-5-4-9(6-18)8-22/h1-8,13H,9-12,14,25H2,(H2,26,28);2-4,7,12,25H,5-6,8-9,20H2,1H3,(H2,21,23);2*2-4,7,11,24H,5-6,8,20H2,1H3,(H2,19,22);1-4,8-9,13H,5-6,18H2,(H2,19,21);1-3,7,9H,4-6,8,18H2,(H2,19,21)/t;12-,17-;2*11-,16-;;9-/m.010.1/s1. The second-order valence-corrected chi connectivity index (χ2v) is 42.6. The average Bonchev–Trinajstić information content (AvgIpc) is 1.58. The molecule has 20 rings (SSSR count). The van der Waals surface area contributed by atoms with E-state index < -0.39 is 29.4 Å². The molecule has 770 valence electrons. The summed E-state index contributed by atoms with van der Waals surface area (Å²) in [6, 6.07) is 42.8. The molecule has 2 unspecified atom stereocenters. The summed E-state index contributed by atoms with van der Waals surface area (Å²) in [5, 5.41) is 35.9. The number of anilines is 12. The summed E-state index contributed by atoms with van der Waals surface area (Å²) in [5.41, 5.74) is 79.3. The first-order valence-electron chi connectivity index (χ1n) is 47.1. The van der Waals surface area contributed by atoms with Crippen LogP contribution in [-0.2, 0) is 5.41 Å². The van der Waals surface area contributed by atoms with Gasteiger partial charge in [-0.25, -0.2) is 59.8 Å². The zero-order chi connectivity index (χ0) is 105. The maximum Gasteiger partial charge on any atom is 0.152 e. The number of fused-ring (bicyclic) bond motifs is 1. The molecule has 1 saturated carbocycles. The number of hydrogen-bond donors (Lipinski definition) is 15. The number of aliphatic hydroxyl groups excluding tert-OH is 3. The van der Waals surface area contributed by atoms with Gasteiger partial charge in [-0.3, -0.25) is 0 Å². The molecule has 13 aromatic rings. The average molecular weight is 2220 g/mol. The van der Waals surface area contributed by atoms with Crippen LogP contribution in [0.15, 0.2) is 177 Å². The van der Waals surface area contributed by atoms with Gasteiger partial charge in [0.1, 0.15) is 69.1 Å². The molecular weight excluding hydrogens is 2110 g/mol. The normalized spacial score (nSPS) is 21.8. The Morgan fingerprint density at radius 3 is 0.836 bits per heavy atom. The van der Waals surface area contributed by atoms with Crippen molar-refractivity contribution in [3.8, 4) is 67.5 Å². The molecule has 7 aromatic carbocycles. The smallest absolute Gasteiger partial charge is 0.152 e. The van der Waals surface area contributed by atoms with Gasteiger partial charge in [-0.05, 0) is 119 Å². The lowest BCUT2D eigenvalue weighted by Gasteiger charge is -2.43. The molecule has 1 aliphatic carbocycles. The van der Waals surface area contributed by atoms with Crippen LogP contribution in [-0.4, -0.2) is 209 Å². The van der Waals surface area contributed by atoms with Gasteiger partial charge in [-0.2, -0.15) is 0 Å². The lowest BCUT2D eigenvalue weighted by atomic mass is 9.73. The Morgan fingerprint density at radius 2 is 0.575 bits per heavy atom. The van der Waals surface area contributed by atoms with E-state index >= 15 is 0 Å². The van der Waals surface area contributed by atoms with Crippen molar-refractivity contribution in [2.75, 3.05) is 162 Å². The number of benzene rings is 7. The summed E-state index contributed by atoms with van der Waals surface area (Å²) >= 11 is 73.8. The van der Waals surface area contributed by atoms with Gasteiger partial charge in [-0.1, -0.05) is 249 Å². The Kier molecular flexibility index (Phi) is 35.6. The van der Waals surface area contributed by atoms with E-state index in [2.05, 4.69) is 98.8 Å². The van der Waals surface area contributed by atoms with Crippen LogP contribution >= 0.6 is 139 Å². The van der Waals surface area contributed by atoms with E-state index in [-0.39, 0.29) is 28.3 Å². The first kappa shape index (κ1) is 110. The van der Waals surface area contributed by atoms with Crippen LogP contribution in [0.4, 0.5) is 69.8 Å². The zero-order valence-corrected chi connectivity index (χ0v) is 89.1. The Balaban J connectivity index is 0.000000132. The highest BCUT2D eigenvalue weighted by Crippen LogP contribution is 2.48. The minimum Gasteiger partial charge on any atom is -0.391 e. The van der Waals surface area contributed by atoms with E-state index in [1.54, 1.807) is 110 Å². The second-order valence-electron chi connectivity index (χ2n) is 37.9. The van der Waals surface area contributed by atoms with Crippen molar-refractivity contribution in [2.45, 2.75) is 100 Å². The van der Waals surface area contributed by atoms with Crippen molar-refractivity contribution in [3.05, 3.63) is 243 Å². The number of nitrogens with zero attached hydrogens (tertiary/aromatic N) is 18. The van der Waals surface area contributed by atoms with Gasteiger partial charge in [0.15, 0.2) is 34.9 Å². The third-order valence-electron chi connectivity index (χ3n) is 28.0. The molecule has 0 spiro atoms. The third kappa shape index (κ3) is 24.7. The second kappa shape index (κ2) is 47.3. The summed E-state index contributed by atoms with van der Waals surface area (Å²) in [5.74, 6) is 7.65. The van der Waals surface area contributed by atoms with Crippen molar-refractivity contribution >= 4 is 209 Å². The minimum atomic E-state index is -0.642. The number of aliphatic hydroxyl groups is 3. The van der Waals surface area contributed by atoms with E-state index in [9.17, 15) is 15.3 Å². The molecule has 0 radical (unpaired) electrons. The predicted molar refractivity (Wildman–Crippen MR) is 597 cm³/mol. The Morgan fingerprint density at radius 1 is 0.308 bits per heavy atom. The molecule has 6 saturated heterocycles. The van der Waals surface area contributed by atoms with Gasteiger partial charge in [0.2, 0.25) is 0 Å². The monoisotopic (exact) mass is 2210 g/mol. The van der Waals surface area contributed by atoms with Crippen LogP contribution in [0.25, 0.3) is 67.5 Å². The van der Waals surface area contributed by atoms with Gasteiger partial charge in [0.05, 0.1) is 116 Å². The number of rotatable bonds is 16. The fraction of sp³-hybridized carbons (Fsp3) is 0.347.